The minimum absolute atomic E-state index is 0.0352. The quantitative estimate of drug-likeness (QED) is 0.711. The van der Waals surface area contributed by atoms with Gasteiger partial charge >= 0.3 is 0 Å². The molecule has 0 saturated heterocycles. The van der Waals surface area contributed by atoms with Crippen molar-refractivity contribution < 1.29 is 22.7 Å². The van der Waals surface area contributed by atoms with Crippen LogP contribution in [0.2, 0.25) is 0 Å². The molecule has 3 rings (SSSR count). The molecule has 0 saturated carbocycles. The van der Waals surface area contributed by atoms with Crippen molar-refractivity contribution in [2.24, 2.45) is 0 Å². The molecule has 1 aliphatic heterocycles. The van der Waals surface area contributed by atoms with Gasteiger partial charge in [-0.3, -0.25) is 9.52 Å². The second-order valence-electron chi connectivity index (χ2n) is 6.76. The average Bonchev–Trinajstić information content (AvgIpc) is 2.71. The molecule has 0 bridgehead atoms. The van der Waals surface area contributed by atoms with E-state index in [-0.39, 0.29) is 11.7 Å². The number of nitrogens with zero attached hydrogens (tertiary/aromatic N) is 1. The van der Waals surface area contributed by atoms with Gasteiger partial charge in [0.05, 0.1) is 5.75 Å². The highest BCUT2D eigenvalue weighted by atomic mass is 32.2. The molecule has 2 aromatic rings. The summed E-state index contributed by atoms with van der Waals surface area (Å²) in [5.74, 6) is 1.21. The molecule has 0 fully saturated rings. The molecule has 0 spiro atoms. The molecule has 1 amide bonds. The number of amides is 1. The maximum absolute atomic E-state index is 13.1. The number of sulfonamides is 1. The Balaban J connectivity index is 1.79. The second-order valence-corrected chi connectivity index (χ2v) is 8.60. The van der Waals surface area contributed by atoms with Gasteiger partial charge in [-0.05, 0) is 37.6 Å². The fourth-order valence-corrected chi connectivity index (χ4v) is 4.31. The second kappa shape index (κ2) is 9.17. The summed E-state index contributed by atoms with van der Waals surface area (Å²) < 4.78 is 37.9. The molecule has 0 aliphatic carbocycles. The van der Waals surface area contributed by atoms with Crippen LogP contribution in [0.25, 0.3) is 0 Å². The van der Waals surface area contributed by atoms with Crippen molar-refractivity contribution in [2.45, 2.75) is 26.8 Å². The van der Waals surface area contributed by atoms with Crippen LogP contribution in [0.1, 0.15) is 36.2 Å². The van der Waals surface area contributed by atoms with Gasteiger partial charge in [-0.2, -0.15) is 0 Å². The van der Waals surface area contributed by atoms with Crippen molar-refractivity contribution in [2.75, 3.05) is 30.2 Å². The molecule has 156 valence electrons. The lowest BCUT2D eigenvalue weighted by atomic mass is 10.1. The summed E-state index contributed by atoms with van der Waals surface area (Å²) in [6, 6.07) is 12.2. The van der Waals surface area contributed by atoms with Crippen LogP contribution in [0.15, 0.2) is 42.5 Å². The van der Waals surface area contributed by atoms with Gasteiger partial charge in [-0.1, -0.05) is 25.1 Å². The molecule has 29 heavy (non-hydrogen) atoms. The predicted molar refractivity (Wildman–Crippen MR) is 112 cm³/mol. The highest BCUT2D eigenvalue weighted by Crippen LogP contribution is 2.34. The number of nitrogens with one attached hydrogen (secondary N) is 1. The number of benzene rings is 2. The van der Waals surface area contributed by atoms with Gasteiger partial charge in [0.25, 0.3) is 5.91 Å². The molecular formula is C21H26N2O5S. The largest absolute Gasteiger partial charge is 0.486 e. The van der Waals surface area contributed by atoms with Crippen LogP contribution in [-0.4, -0.2) is 44.7 Å². The number of fused-ring (bicyclic) bond motifs is 1. The Labute approximate surface area is 171 Å². The molecule has 0 atom stereocenters. The van der Waals surface area contributed by atoms with Gasteiger partial charge in [0.1, 0.15) is 13.2 Å². The first-order valence-electron chi connectivity index (χ1n) is 9.71. The number of rotatable bonds is 8. The van der Waals surface area contributed by atoms with E-state index in [4.69, 9.17) is 9.47 Å². The maximum atomic E-state index is 13.1. The lowest BCUT2D eigenvalue weighted by Gasteiger charge is -2.25. The minimum Gasteiger partial charge on any atom is -0.486 e. The van der Waals surface area contributed by atoms with Gasteiger partial charge in [0.2, 0.25) is 10.0 Å². The zero-order valence-corrected chi connectivity index (χ0v) is 17.5. The average molecular weight is 419 g/mol. The summed E-state index contributed by atoms with van der Waals surface area (Å²) in [5.41, 5.74) is 1.68. The molecule has 1 aliphatic rings. The van der Waals surface area contributed by atoms with E-state index >= 15 is 0 Å². The third-order valence-electron chi connectivity index (χ3n) is 4.53. The smallest absolute Gasteiger partial charge is 0.254 e. The Morgan fingerprint density at radius 3 is 2.62 bits per heavy atom. The Bertz CT molecular complexity index is 975. The zero-order chi connectivity index (χ0) is 20.9. The van der Waals surface area contributed by atoms with Crippen molar-refractivity contribution in [3.8, 4) is 11.5 Å². The SMILES string of the molecule is CCCS(=O)(=O)Nc1cccc(C(=O)N(CC)Cc2cccc3c2OCCO3)c1. The first kappa shape index (κ1) is 21.0. The summed E-state index contributed by atoms with van der Waals surface area (Å²) in [6.45, 7) is 5.55. The van der Waals surface area contributed by atoms with Crippen molar-refractivity contribution in [3.63, 3.8) is 0 Å². The molecule has 1 N–H and O–H groups in total. The molecular weight excluding hydrogens is 392 g/mol. The fourth-order valence-electron chi connectivity index (χ4n) is 3.19. The van der Waals surface area contributed by atoms with Crippen molar-refractivity contribution >= 4 is 21.6 Å². The van der Waals surface area contributed by atoms with Crippen LogP contribution in [0.5, 0.6) is 11.5 Å². The number of carbonyl (C=O) groups is 1. The lowest BCUT2D eigenvalue weighted by molar-refractivity contribution is 0.0749. The monoisotopic (exact) mass is 418 g/mol. The van der Waals surface area contributed by atoms with Crippen molar-refractivity contribution in [3.05, 3.63) is 53.6 Å². The summed E-state index contributed by atoms with van der Waals surface area (Å²) in [6.07, 6.45) is 0.519. The molecule has 0 unspecified atom stereocenters. The van der Waals surface area contributed by atoms with E-state index < -0.39 is 10.0 Å². The highest BCUT2D eigenvalue weighted by Gasteiger charge is 2.21. The van der Waals surface area contributed by atoms with E-state index in [0.29, 0.717) is 55.5 Å². The Morgan fingerprint density at radius 1 is 1.10 bits per heavy atom. The number of anilines is 1. The lowest BCUT2D eigenvalue weighted by Crippen LogP contribution is -2.31. The third kappa shape index (κ3) is 5.20. The Morgan fingerprint density at radius 2 is 1.86 bits per heavy atom. The normalized spacial score (nSPS) is 13.0. The van der Waals surface area contributed by atoms with Gasteiger partial charge in [0.15, 0.2) is 11.5 Å². The van der Waals surface area contributed by atoms with Crippen LogP contribution in [0.3, 0.4) is 0 Å². The van der Waals surface area contributed by atoms with Gasteiger partial charge < -0.3 is 14.4 Å². The number of hydrogen-bond donors (Lipinski definition) is 1. The van der Waals surface area contributed by atoms with Crippen LogP contribution in [0, 0.1) is 0 Å². The van der Waals surface area contributed by atoms with Crippen molar-refractivity contribution in [1.82, 2.24) is 4.90 Å². The van der Waals surface area contributed by atoms with E-state index in [9.17, 15) is 13.2 Å². The van der Waals surface area contributed by atoms with Crippen molar-refractivity contribution in [1.29, 1.82) is 0 Å². The molecule has 2 aromatic carbocycles. The molecule has 1 heterocycles. The van der Waals surface area contributed by atoms with E-state index in [2.05, 4.69) is 4.72 Å². The van der Waals surface area contributed by atoms with E-state index in [1.165, 1.54) is 0 Å². The summed E-state index contributed by atoms with van der Waals surface area (Å²) in [5, 5.41) is 0. The minimum atomic E-state index is -3.42. The van der Waals surface area contributed by atoms with E-state index in [1.807, 2.05) is 25.1 Å². The van der Waals surface area contributed by atoms with E-state index in [1.54, 1.807) is 36.1 Å². The highest BCUT2D eigenvalue weighted by molar-refractivity contribution is 7.92. The van der Waals surface area contributed by atoms with Crippen LogP contribution in [0.4, 0.5) is 5.69 Å². The summed E-state index contributed by atoms with van der Waals surface area (Å²) >= 11 is 0. The van der Waals surface area contributed by atoms with Gasteiger partial charge in [0, 0.05) is 29.9 Å². The third-order valence-corrected chi connectivity index (χ3v) is 6.03. The number of hydrogen-bond acceptors (Lipinski definition) is 5. The van der Waals surface area contributed by atoms with Gasteiger partial charge in [-0.25, -0.2) is 8.42 Å². The standard InChI is InChI=1S/C21H26N2O5S/c1-3-13-29(25,26)22-18-9-5-7-16(14-18)21(24)23(4-2)15-17-8-6-10-19-20(17)28-12-11-27-19/h5-10,14,22H,3-4,11-13,15H2,1-2H3. The molecule has 0 aromatic heterocycles. The number of ether oxygens (including phenoxy) is 2. The molecule has 7 nitrogen and oxygen atoms in total. The number of para-hydroxylation sites is 1. The summed E-state index contributed by atoms with van der Waals surface area (Å²) in [4.78, 5) is 14.8. The maximum Gasteiger partial charge on any atom is 0.254 e. The first-order valence-corrected chi connectivity index (χ1v) is 11.4. The van der Waals surface area contributed by atoms with Crippen LogP contribution < -0.4 is 14.2 Å². The molecule has 0 radical (unpaired) electrons. The zero-order valence-electron chi connectivity index (χ0n) is 16.7. The van der Waals surface area contributed by atoms with Gasteiger partial charge in [-0.15, -0.1) is 0 Å². The van der Waals surface area contributed by atoms with E-state index in [0.717, 1.165) is 5.56 Å². The van der Waals surface area contributed by atoms with Crippen LogP contribution in [-0.2, 0) is 16.6 Å². The number of carbonyl (C=O) groups excluding carboxylic acids is 1. The van der Waals surface area contributed by atoms with Crippen LogP contribution >= 0.6 is 0 Å². The topological polar surface area (TPSA) is 84.9 Å². The summed E-state index contributed by atoms with van der Waals surface area (Å²) in [7, 11) is -3.42. The molecule has 8 heteroatoms. The fraction of sp³-hybridized carbons (Fsp3) is 0.381. The first-order chi connectivity index (χ1) is 13.9. The Hall–Kier alpha value is -2.74. The Kier molecular flexibility index (Phi) is 6.64. The predicted octanol–water partition coefficient (Wildman–Crippen LogP) is 3.27.